The number of anilines is 2. The van der Waals surface area contributed by atoms with Crippen LogP contribution < -0.4 is 11.1 Å². The Kier molecular flexibility index (Phi) is 8.24. The predicted molar refractivity (Wildman–Crippen MR) is 139 cm³/mol. The van der Waals surface area contributed by atoms with Crippen LogP contribution in [0.25, 0.3) is 0 Å². The topological polar surface area (TPSA) is 105 Å². The number of likely N-dealkylation sites (N-methyl/N-ethyl adjacent to an activating group) is 1. The van der Waals surface area contributed by atoms with Gasteiger partial charge in [-0.3, -0.25) is 9.69 Å². The number of thiazole rings is 1. The van der Waals surface area contributed by atoms with Crippen LogP contribution >= 0.6 is 11.3 Å². The summed E-state index contributed by atoms with van der Waals surface area (Å²) in [7, 11) is -0.140. The molecule has 0 saturated heterocycles. The fraction of sp³-hybridized carbons (Fsp3) is 0.280. The van der Waals surface area contributed by atoms with E-state index in [1.807, 2.05) is 36.4 Å². The third-order valence-corrected chi connectivity index (χ3v) is 8.53. The van der Waals surface area contributed by atoms with Crippen molar-refractivity contribution in [2.75, 3.05) is 25.1 Å². The van der Waals surface area contributed by atoms with Gasteiger partial charge in [-0.1, -0.05) is 30.3 Å². The van der Waals surface area contributed by atoms with Gasteiger partial charge in [0.25, 0.3) is 0 Å². The van der Waals surface area contributed by atoms with Crippen LogP contribution in [0, 0.1) is 0 Å². The molecule has 1 aromatic heterocycles. The first-order valence-corrected chi connectivity index (χ1v) is 13.2. The molecule has 180 valence electrons. The normalized spacial score (nSPS) is 12.5. The fourth-order valence-electron chi connectivity index (χ4n) is 3.60. The maximum absolute atomic E-state index is 12.9. The first-order chi connectivity index (χ1) is 16.1. The zero-order chi connectivity index (χ0) is 24.9. The molecule has 7 nitrogen and oxygen atoms in total. The second-order valence-corrected chi connectivity index (χ2v) is 11.4. The van der Waals surface area contributed by atoms with E-state index in [0.29, 0.717) is 18.0 Å². The van der Waals surface area contributed by atoms with E-state index in [1.54, 1.807) is 31.1 Å². The number of nitrogens with one attached hydrogen (secondary N) is 1. The summed E-state index contributed by atoms with van der Waals surface area (Å²) in [6, 6.07) is 14.7. The Morgan fingerprint density at radius 3 is 2.29 bits per heavy atom. The zero-order valence-corrected chi connectivity index (χ0v) is 21.2. The minimum Gasteiger partial charge on any atom is -0.399 e. The average Bonchev–Trinajstić information content (AvgIpc) is 3.14. The number of benzene rings is 2. The SMILES string of the molecule is C=CC(N(C)C)S(=O)(=O)c1ccc(Cc2sc(NC(C)=O)nc2CCc2ccc(N)cc2)cc1. The maximum Gasteiger partial charge on any atom is 0.223 e. The molecular weight excluding hydrogens is 468 g/mol. The van der Waals surface area contributed by atoms with Crippen molar-refractivity contribution in [3.8, 4) is 0 Å². The number of nitrogen functional groups attached to an aromatic ring is 1. The second-order valence-electron chi connectivity index (χ2n) is 8.27. The number of nitrogens with two attached hydrogens (primary N) is 1. The highest BCUT2D eigenvalue weighted by molar-refractivity contribution is 7.92. The van der Waals surface area contributed by atoms with Crippen LogP contribution in [0.3, 0.4) is 0 Å². The lowest BCUT2D eigenvalue weighted by molar-refractivity contribution is -0.114. The Morgan fingerprint density at radius 2 is 1.74 bits per heavy atom. The van der Waals surface area contributed by atoms with Gasteiger partial charge in [-0.15, -0.1) is 17.9 Å². The molecule has 0 saturated carbocycles. The van der Waals surface area contributed by atoms with Crippen molar-refractivity contribution >= 4 is 37.9 Å². The van der Waals surface area contributed by atoms with Crippen molar-refractivity contribution in [1.82, 2.24) is 9.88 Å². The lowest BCUT2D eigenvalue weighted by atomic mass is 10.0. The number of nitrogens with zero attached hydrogens (tertiary/aromatic N) is 2. The number of sulfone groups is 1. The van der Waals surface area contributed by atoms with Crippen LogP contribution in [0.2, 0.25) is 0 Å². The van der Waals surface area contributed by atoms with Crippen molar-refractivity contribution in [2.45, 2.75) is 36.5 Å². The summed E-state index contributed by atoms with van der Waals surface area (Å²) in [6.45, 7) is 5.12. The van der Waals surface area contributed by atoms with Gasteiger partial charge < -0.3 is 11.1 Å². The van der Waals surface area contributed by atoms with Gasteiger partial charge in [0.05, 0.1) is 10.6 Å². The number of aryl methyl sites for hydroxylation is 2. The van der Waals surface area contributed by atoms with Crippen molar-refractivity contribution in [3.63, 3.8) is 0 Å². The Bertz CT molecular complexity index is 1250. The monoisotopic (exact) mass is 498 g/mol. The van der Waals surface area contributed by atoms with Crippen LogP contribution in [-0.2, 0) is 33.9 Å². The van der Waals surface area contributed by atoms with Gasteiger partial charge in [-0.2, -0.15) is 0 Å². The maximum atomic E-state index is 12.9. The fourth-order valence-corrected chi connectivity index (χ4v) is 6.30. The van der Waals surface area contributed by atoms with E-state index in [2.05, 4.69) is 16.9 Å². The lowest BCUT2D eigenvalue weighted by Crippen LogP contribution is -2.33. The average molecular weight is 499 g/mol. The summed E-state index contributed by atoms with van der Waals surface area (Å²) in [5, 5.41) is 2.55. The number of hydrogen-bond donors (Lipinski definition) is 2. The Balaban J connectivity index is 1.81. The Hall–Kier alpha value is -3.01. The van der Waals surface area contributed by atoms with Crippen LogP contribution in [0.5, 0.6) is 0 Å². The number of aromatic nitrogens is 1. The third kappa shape index (κ3) is 6.31. The van der Waals surface area contributed by atoms with Crippen molar-refractivity contribution in [2.24, 2.45) is 0 Å². The molecule has 0 spiro atoms. The molecule has 3 aromatic rings. The van der Waals surface area contributed by atoms with Crippen LogP contribution in [-0.4, -0.2) is 43.7 Å². The van der Waals surface area contributed by atoms with Crippen molar-refractivity contribution in [3.05, 3.63) is 82.9 Å². The van der Waals surface area contributed by atoms with E-state index in [9.17, 15) is 13.2 Å². The molecule has 0 aliphatic carbocycles. The zero-order valence-electron chi connectivity index (χ0n) is 19.6. The molecule has 1 unspecified atom stereocenters. The smallest absolute Gasteiger partial charge is 0.223 e. The highest BCUT2D eigenvalue weighted by atomic mass is 32.2. The number of carbonyl (C=O) groups is 1. The van der Waals surface area contributed by atoms with Gasteiger partial charge >= 0.3 is 0 Å². The quantitative estimate of drug-likeness (QED) is 0.324. The number of hydrogen-bond acceptors (Lipinski definition) is 7. The predicted octanol–water partition coefficient (Wildman–Crippen LogP) is 3.91. The molecule has 0 aliphatic rings. The molecule has 0 fully saturated rings. The van der Waals surface area contributed by atoms with Crippen LogP contribution in [0.1, 0.15) is 28.6 Å². The Labute approximate surface area is 205 Å². The largest absolute Gasteiger partial charge is 0.399 e. The molecule has 3 N–H and O–H groups in total. The van der Waals surface area contributed by atoms with Gasteiger partial charge in [0.15, 0.2) is 15.0 Å². The molecule has 1 amide bonds. The van der Waals surface area contributed by atoms with E-state index in [0.717, 1.165) is 33.8 Å². The molecule has 0 aliphatic heterocycles. The summed E-state index contributed by atoms with van der Waals surface area (Å²) in [6.07, 6.45) is 3.53. The summed E-state index contributed by atoms with van der Waals surface area (Å²) in [4.78, 5) is 19.1. The molecular formula is C25H30N4O3S2. The second kappa shape index (κ2) is 10.9. The van der Waals surface area contributed by atoms with Gasteiger partial charge in [0.2, 0.25) is 5.91 Å². The van der Waals surface area contributed by atoms with E-state index in [-0.39, 0.29) is 10.8 Å². The molecule has 1 heterocycles. The van der Waals surface area contributed by atoms with E-state index in [1.165, 1.54) is 24.3 Å². The summed E-state index contributed by atoms with van der Waals surface area (Å²) in [5.41, 5.74) is 9.53. The first kappa shape index (κ1) is 25.6. The van der Waals surface area contributed by atoms with Crippen LogP contribution in [0.15, 0.2) is 66.1 Å². The first-order valence-electron chi connectivity index (χ1n) is 10.8. The van der Waals surface area contributed by atoms with E-state index >= 15 is 0 Å². The van der Waals surface area contributed by atoms with E-state index < -0.39 is 15.2 Å². The number of carbonyl (C=O) groups excluding carboxylic acids is 1. The van der Waals surface area contributed by atoms with Crippen molar-refractivity contribution in [1.29, 1.82) is 0 Å². The highest BCUT2D eigenvalue weighted by Gasteiger charge is 2.26. The number of rotatable bonds is 10. The molecule has 34 heavy (non-hydrogen) atoms. The molecule has 1 atom stereocenters. The van der Waals surface area contributed by atoms with Gasteiger partial charge in [-0.05, 0) is 62.3 Å². The number of amides is 1. The molecule has 0 radical (unpaired) electrons. The molecule has 3 rings (SSSR count). The third-order valence-electron chi connectivity index (χ3n) is 5.34. The molecule has 9 heteroatoms. The summed E-state index contributed by atoms with van der Waals surface area (Å²) >= 11 is 1.44. The highest BCUT2D eigenvalue weighted by Crippen LogP contribution is 2.28. The van der Waals surface area contributed by atoms with Gasteiger partial charge in [0, 0.05) is 23.9 Å². The standard InChI is InChI=1S/C25H30N4O3S2/c1-5-24(29(3)4)34(31,32)21-13-8-19(9-14-21)16-23-22(28-25(33-23)27-17(2)30)15-10-18-6-11-20(26)12-7-18/h5-9,11-14,24H,1,10,15-16,26H2,2-4H3,(H,27,28,30). The lowest BCUT2D eigenvalue weighted by Gasteiger charge is -2.21. The minimum atomic E-state index is -3.56. The van der Waals surface area contributed by atoms with Gasteiger partial charge in [-0.25, -0.2) is 13.4 Å². The van der Waals surface area contributed by atoms with Crippen LogP contribution in [0.4, 0.5) is 10.8 Å². The van der Waals surface area contributed by atoms with E-state index in [4.69, 9.17) is 5.73 Å². The minimum absolute atomic E-state index is 0.169. The summed E-state index contributed by atoms with van der Waals surface area (Å²) in [5.74, 6) is -0.169. The van der Waals surface area contributed by atoms with Gasteiger partial charge in [0.1, 0.15) is 5.37 Å². The summed E-state index contributed by atoms with van der Waals surface area (Å²) < 4.78 is 25.8. The molecule has 0 bridgehead atoms. The Morgan fingerprint density at radius 1 is 1.12 bits per heavy atom. The molecule has 2 aromatic carbocycles. The van der Waals surface area contributed by atoms with Crippen molar-refractivity contribution < 1.29 is 13.2 Å².